The van der Waals surface area contributed by atoms with Crippen molar-refractivity contribution in [1.29, 1.82) is 0 Å². The van der Waals surface area contributed by atoms with Gasteiger partial charge in [-0.1, -0.05) is 61.5 Å². The summed E-state index contributed by atoms with van der Waals surface area (Å²) in [5.41, 5.74) is 4.38. The van der Waals surface area contributed by atoms with Gasteiger partial charge >= 0.3 is 5.97 Å². The molecule has 0 aromatic heterocycles. The van der Waals surface area contributed by atoms with Gasteiger partial charge in [-0.15, -0.1) is 0 Å². The maximum atomic E-state index is 9.60. The number of hydrogen-bond donors (Lipinski definition) is 2. The van der Waals surface area contributed by atoms with Gasteiger partial charge in [0.2, 0.25) is 0 Å². The van der Waals surface area contributed by atoms with E-state index >= 15 is 0 Å². The second-order valence-electron chi connectivity index (χ2n) is 5.80. The number of fused-ring (bicyclic) bond motifs is 1. The number of nitrogens with one attached hydrogen (secondary N) is 1. The predicted octanol–water partition coefficient (Wildman–Crippen LogP) is 4.33. The Morgan fingerprint density at radius 1 is 1.13 bits per heavy atom. The molecule has 122 valence electrons. The molecule has 0 bridgehead atoms. The summed E-state index contributed by atoms with van der Waals surface area (Å²) in [5.74, 6) is -0.711. The molecule has 0 amide bonds. The summed E-state index contributed by atoms with van der Waals surface area (Å²) in [6.07, 6.45) is 3.35. The molecular weight excluding hydrogens is 286 g/mol. The molecule has 0 unspecified atom stereocenters. The van der Waals surface area contributed by atoms with E-state index in [0.717, 1.165) is 19.4 Å². The quantitative estimate of drug-likeness (QED) is 0.864. The summed E-state index contributed by atoms with van der Waals surface area (Å²) in [7, 11) is 0. The van der Waals surface area contributed by atoms with Crippen LogP contribution in [0.4, 0.5) is 0 Å². The highest BCUT2D eigenvalue weighted by Gasteiger charge is 2.20. The molecule has 0 saturated carbocycles. The van der Waals surface area contributed by atoms with Gasteiger partial charge in [0.25, 0.3) is 0 Å². The predicted molar refractivity (Wildman–Crippen MR) is 93.3 cm³/mol. The molecule has 3 rings (SSSR count). The van der Waals surface area contributed by atoms with Gasteiger partial charge in [-0.25, -0.2) is 0 Å². The number of aryl methyl sites for hydroxylation is 1. The SMILES string of the molecule is CCCC(=O)O.c1ccc(CC[C@@H]2NCc3ccccc32)cc1. The third kappa shape index (κ3) is 5.53. The third-order valence-electron chi connectivity index (χ3n) is 4.00. The minimum atomic E-state index is -0.711. The Hall–Kier alpha value is -2.13. The van der Waals surface area contributed by atoms with Crippen LogP contribution in [0.25, 0.3) is 0 Å². The van der Waals surface area contributed by atoms with Crippen LogP contribution in [0.1, 0.15) is 48.9 Å². The number of carboxylic acid groups (broad SMARTS) is 1. The molecule has 0 saturated heterocycles. The van der Waals surface area contributed by atoms with Gasteiger partial charge in [-0.3, -0.25) is 4.79 Å². The number of carbonyl (C=O) groups is 1. The maximum absolute atomic E-state index is 9.60. The summed E-state index contributed by atoms with van der Waals surface area (Å²) in [6.45, 7) is 2.86. The van der Waals surface area contributed by atoms with E-state index in [1.165, 1.54) is 23.1 Å². The average molecular weight is 311 g/mol. The smallest absolute Gasteiger partial charge is 0.303 e. The molecule has 1 aliphatic heterocycles. The molecule has 1 heterocycles. The molecule has 0 aliphatic carbocycles. The van der Waals surface area contributed by atoms with Crippen molar-refractivity contribution in [2.24, 2.45) is 0 Å². The van der Waals surface area contributed by atoms with Gasteiger partial charge in [-0.2, -0.15) is 0 Å². The Morgan fingerprint density at radius 2 is 1.83 bits per heavy atom. The van der Waals surface area contributed by atoms with Crippen LogP contribution in [-0.4, -0.2) is 11.1 Å². The molecule has 1 aliphatic rings. The Kier molecular flexibility index (Phi) is 6.82. The first kappa shape index (κ1) is 17.2. The van der Waals surface area contributed by atoms with Crippen molar-refractivity contribution in [3.05, 3.63) is 71.3 Å². The van der Waals surface area contributed by atoms with Crippen molar-refractivity contribution < 1.29 is 9.90 Å². The summed E-state index contributed by atoms with van der Waals surface area (Å²) in [5, 5.41) is 11.5. The van der Waals surface area contributed by atoms with Crippen LogP contribution in [0, 0.1) is 0 Å². The van der Waals surface area contributed by atoms with Crippen LogP contribution in [0.15, 0.2) is 54.6 Å². The van der Waals surface area contributed by atoms with Crippen LogP contribution in [-0.2, 0) is 17.8 Å². The van der Waals surface area contributed by atoms with E-state index in [4.69, 9.17) is 5.11 Å². The van der Waals surface area contributed by atoms with Crippen LogP contribution < -0.4 is 5.32 Å². The van der Waals surface area contributed by atoms with Gasteiger partial charge in [0.05, 0.1) is 0 Å². The summed E-state index contributed by atoms with van der Waals surface area (Å²) >= 11 is 0. The monoisotopic (exact) mass is 311 g/mol. The molecule has 3 nitrogen and oxygen atoms in total. The fraction of sp³-hybridized carbons (Fsp3) is 0.350. The summed E-state index contributed by atoms with van der Waals surface area (Å²) < 4.78 is 0. The highest BCUT2D eigenvalue weighted by Crippen LogP contribution is 2.28. The second-order valence-corrected chi connectivity index (χ2v) is 5.80. The van der Waals surface area contributed by atoms with Crippen molar-refractivity contribution in [2.45, 2.75) is 45.2 Å². The Balaban J connectivity index is 0.000000277. The van der Waals surface area contributed by atoms with Crippen LogP contribution in [0.5, 0.6) is 0 Å². The lowest BCUT2D eigenvalue weighted by molar-refractivity contribution is -0.137. The van der Waals surface area contributed by atoms with E-state index in [0.29, 0.717) is 12.5 Å². The molecule has 2 N–H and O–H groups in total. The maximum Gasteiger partial charge on any atom is 0.303 e. The average Bonchev–Trinajstić information content (AvgIpc) is 2.98. The van der Waals surface area contributed by atoms with Crippen LogP contribution in [0.2, 0.25) is 0 Å². The van der Waals surface area contributed by atoms with Gasteiger partial charge < -0.3 is 10.4 Å². The molecule has 3 heteroatoms. The molecule has 0 spiro atoms. The van der Waals surface area contributed by atoms with E-state index in [9.17, 15) is 4.79 Å². The van der Waals surface area contributed by atoms with Crippen molar-refractivity contribution in [1.82, 2.24) is 5.32 Å². The normalized spacial score (nSPS) is 15.4. The summed E-state index contributed by atoms with van der Waals surface area (Å²) in [4.78, 5) is 9.60. The van der Waals surface area contributed by atoms with Crippen molar-refractivity contribution in [3.63, 3.8) is 0 Å². The zero-order valence-corrected chi connectivity index (χ0v) is 13.7. The minimum Gasteiger partial charge on any atom is -0.481 e. The lowest BCUT2D eigenvalue weighted by Gasteiger charge is -2.11. The second kappa shape index (κ2) is 9.11. The fourth-order valence-electron chi connectivity index (χ4n) is 2.81. The van der Waals surface area contributed by atoms with Gasteiger partial charge in [0.15, 0.2) is 0 Å². The number of rotatable bonds is 5. The first-order valence-electron chi connectivity index (χ1n) is 8.27. The lowest BCUT2D eigenvalue weighted by Crippen LogP contribution is -2.12. The Bertz CT molecular complexity index is 610. The third-order valence-corrected chi connectivity index (χ3v) is 4.00. The Morgan fingerprint density at radius 3 is 2.48 bits per heavy atom. The zero-order valence-electron chi connectivity index (χ0n) is 13.7. The van der Waals surface area contributed by atoms with Crippen LogP contribution >= 0.6 is 0 Å². The molecule has 0 radical (unpaired) electrons. The number of benzene rings is 2. The van der Waals surface area contributed by atoms with E-state index in [1.54, 1.807) is 0 Å². The first-order valence-corrected chi connectivity index (χ1v) is 8.27. The van der Waals surface area contributed by atoms with Crippen molar-refractivity contribution >= 4 is 5.97 Å². The van der Waals surface area contributed by atoms with Crippen molar-refractivity contribution in [3.8, 4) is 0 Å². The lowest BCUT2D eigenvalue weighted by atomic mass is 9.99. The number of carboxylic acids is 1. The minimum absolute atomic E-state index is 0.292. The number of aliphatic carboxylic acids is 1. The number of hydrogen-bond acceptors (Lipinski definition) is 2. The van der Waals surface area contributed by atoms with Gasteiger partial charge in [0, 0.05) is 19.0 Å². The van der Waals surface area contributed by atoms with Gasteiger partial charge in [0.1, 0.15) is 0 Å². The fourth-order valence-corrected chi connectivity index (χ4v) is 2.81. The largest absolute Gasteiger partial charge is 0.481 e. The van der Waals surface area contributed by atoms with E-state index in [2.05, 4.69) is 59.9 Å². The van der Waals surface area contributed by atoms with E-state index in [-0.39, 0.29) is 0 Å². The van der Waals surface area contributed by atoms with Crippen molar-refractivity contribution in [2.75, 3.05) is 0 Å². The first-order chi connectivity index (χ1) is 11.2. The van der Waals surface area contributed by atoms with Crippen LogP contribution in [0.3, 0.4) is 0 Å². The highest BCUT2D eigenvalue weighted by molar-refractivity contribution is 5.66. The highest BCUT2D eigenvalue weighted by atomic mass is 16.4. The molecule has 2 aromatic rings. The zero-order chi connectivity index (χ0) is 16.5. The molecule has 23 heavy (non-hydrogen) atoms. The molecule has 0 fully saturated rings. The molecular formula is C20H25NO2. The molecule has 1 atom stereocenters. The van der Waals surface area contributed by atoms with Gasteiger partial charge in [-0.05, 0) is 36.0 Å². The molecule has 2 aromatic carbocycles. The standard InChI is InChI=1S/C16H17N.C4H8O2/c1-2-6-13(7-3-1)10-11-16-15-9-5-4-8-14(15)12-17-16;1-2-3-4(5)6/h1-9,16-17H,10-12H2;2-3H2,1H3,(H,5,6)/t16-;/m0./s1. The summed E-state index contributed by atoms with van der Waals surface area (Å²) in [6, 6.07) is 20.0. The van der Waals surface area contributed by atoms with E-state index < -0.39 is 5.97 Å². The van der Waals surface area contributed by atoms with E-state index in [1.807, 2.05) is 6.92 Å². The topological polar surface area (TPSA) is 49.3 Å². The Labute approximate surface area is 138 Å².